The number of anilines is 1. The Morgan fingerprint density at radius 3 is 2.67 bits per heavy atom. The summed E-state index contributed by atoms with van der Waals surface area (Å²) in [4.78, 5) is 12.9. The Labute approximate surface area is 106 Å². The number of hydrogen-bond donors (Lipinski definition) is 1. The van der Waals surface area contributed by atoms with Crippen LogP contribution in [-0.2, 0) is 0 Å². The Balaban J connectivity index is 2.42. The van der Waals surface area contributed by atoms with E-state index < -0.39 is 6.10 Å². The summed E-state index contributed by atoms with van der Waals surface area (Å²) in [5, 5.41) is 20.7. The Bertz CT molecular complexity index is 456. The minimum atomic E-state index is -0.686. The summed E-state index contributed by atoms with van der Waals surface area (Å²) in [6.45, 7) is 4.38. The van der Waals surface area contributed by atoms with Crippen LogP contribution in [0.3, 0.4) is 0 Å². The van der Waals surface area contributed by atoms with Gasteiger partial charge in [-0.25, -0.2) is 0 Å². The van der Waals surface area contributed by atoms with Crippen LogP contribution < -0.4 is 4.90 Å². The minimum Gasteiger partial charge on any atom is -0.389 e. The van der Waals surface area contributed by atoms with Crippen LogP contribution in [-0.4, -0.2) is 22.6 Å². The van der Waals surface area contributed by atoms with E-state index in [2.05, 4.69) is 4.90 Å². The summed E-state index contributed by atoms with van der Waals surface area (Å²) < 4.78 is 0. The first-order valence-corrected chi connectivity index (χ1v) is 6.27. The molecule has 1 atom stereocenters. The molecular formula is C13H18N2O3. The van der Waals surface area contributed by atoms with Gasteiger partial charge in [-0.1, -0.05) is 6.07 Å². The quantitative estimate of drug-likeness (QED) is 0.644. The highest BCUT2D eigenvalue weighted by Crippen LogP contribution is 2.37. The van der Waals surface area contributed by atoms with Crippen LogP contribution in [0.15, 0.2) is 18.2 Å². The van der Waals surface area contributed by atoms with Gasteiger partial charge in [0.25, 0.3) is 5.69 Å². The van der Waals surface area contributed by atoms with E-state index in [0.717, 1.165) is 19.4 Å². The van der Waals surface area contributed by atoms with E-state index in [9.17, 15) is 15.2 Å². The SMILES string of the molecule is CCN(c1ccc([C@H](C)O)cc1[N+](=O)[O-])C1CC1. The number of hydrogen-bond acceptors (Lipinski definition) is 4. The molecule has 98 valence electrons. The highest BCUT2D eigenvalue weighted by molar-refractivity contribution is 5.65. The summed E-state index contributed by atoms with van der Waals surface area (Å²) in [6.07, 6.45) is 1.51. The van der Waals surface area contributed by atoms with Gasteiger partial charge in [0.15, 0.2) is 0 Å². The maximum Gasteiger partial charge on any atom is 0.292 e. The second-order valence-corrected chi connectivity index (χ2v) is 4.70. The second kappa shape index (κ2) is 4.94. The van der Waals surface area contributed by atoms with Crippen LogP contribution in [0.5, 0.6) is 0 Å². The molecule has 5 nitrogen and oxygen atoms in total. The molecule has 0 spiro atoms. The molecule has 0 unspecified atom stereocenters. The van der Waals surface area contributed by atoms with Crippen LogP contribution in [0.1, 0.15) is 38.4 Å². The van der Waals surface area contributed by atoms with Gasteiger partial charge in [0.2, 0.25) is 0 Å². The first kappa shape index (κ1) is 12.8. The average Bonchev–Trinajstić information content (AvgIpc) is 3.14. The maximum atomic E-state index is 11.2. The lowest BCUT2D eigenvalue weighted by molar-refractivity contribution is -0.384. The fraction of sp³-hybridized carbons (Fsp3) is 0.538. The number of rotatable bonds is 5. The van der Waals surface area contributed by atoms with Crippen molar-refractivity contribution in [2.45, 2.75) is 38.8 Å². The second-order valence-electron chi connectivity index (χ2n) is 4.70. The van der Waals surface area contributed by atoms with Gasteiger partial charge >= 0.3 is 0 Å². The van der Waals surface area contributed by atoms with Crippen molar-refractivity contribution in [3.8, 4) is 0 Å². The molecule has 18 heavy (non-hydrogen) atoms. The molecule has 1 saturated carbocycles. The third-order valence-electron chi connectivity index (χ3n) is 3.32. The lowest BCUT2D eigenvalue weighted by Crippen LogP contribution is -2.25. The predicted octanol–water partition coefficient (Wildman–Crippen LogP) is 2.64. The number of nitro groups is 1. The lowest BCUT2D eigenvalue weighted by atomic mass is 10.1. The van der Waals surface area contributed by atoms with Crippen molar-refractivity contribution in [2.75, 3.05) is 11.4 Å². The van der Waals surface area contributed by atoms with Crippen LogP contribution >= 0.6 is 0 Å². The highest BCUT2D eigenvalue weighted by atomic mass is 16.6. The lowest BCUT2D eigenvalue weighted by Gasteiger charge is -2.23. The minimum absolute atomic E-state index is 0.0853. The molecule has 1 aromatic carbocycles. The summed E-state index contributed by atoms with van der Waals surface area (Å²) in [5.74, 6) is 0. The zero-order valence-electron chi connectivity index (χ0n) is 10.7. The summed E-state index contributed by atoms with van der Waals surface area (Å²) in [7, 11) is 0. The van der Waals surface area contributed by atoms with Gasteiger partial charge < -0.3 is 10.0 Å². The zero-order valence-corrected chi connectivity index (χ0v) is 10.7. The van der Waals surface area contributed by atoms with Crippen molar-refractivity contribution in [3.05, 3.63) is 33.9 Å². The Kier molecular flexibility index (Phi) is 3.52. The molecule has 1 fully saturated rings. The third kappa shape index (κ3) is 2.46. The van der Waals surface area contributed by atoms with E-state index in [1.165, 1.54) is 6.07 Å². The maximum absolute atomic E-state index is 11.2. The molecule has 0 amide bonds. The fourth-order valence-electron chi connectivity index (χ4n) is 2.20. The van der Waals surface area contributed by atoms with Crippen molar-refractivity contribution < 1.29 is 10.0 Å². The summed E-state index contributed by atoms with van der Waals surface area (Å²) in [6, 6.07) is 5.43. The van der Waals surface area contributed by atoms with E-state index in [1.54, 1.807) is 19.1 Å². The van der Waals surface area contributed by atoms with Gasteiger partial charge in [-0.2, -0.15) is 0 Å². The zero-order chi connectivity index (χ0) is 13.3. The van der Waals surface area contributed by atoms with E-state index in [4.69, 9.17) is 0 Å². The molecule has 0 bridgehead atoms. The smallest absolute Gasteiger partial charge is 0.292 e. The molecule has 0 aliphatic heterocycles. The molecule has 5 heteroatoms. The van der Waals surface area contributed by atoms with E-state index in [1.807, 2.05) is 6.92 Å². The number of aliphatic hydroxyl groups excluding tert-OH is 1. The summed E-state index contributed by atoms with van der Waals surface area (Å²) >= 11 is 0. The van der Waals surface area contributed by atoms with Gasteiger partial charge in [0.1, 0.15) is 5.69 Å². The van der Waals surface area contributed by atoms with Gasteiger partial charge in [0.05, 0.1) is 11.0 Å². The predicted molar refractivity (Wildman–Crippen MR) is 69.8 cm³/mol. The number of nitrogens with zero attached hydrogens (tertiary/aromatic N) is 2. The molecule has 1 aliphatic carbocycles. The summed E-state index contributed by atoms with van der Waals surface area (Å²) in [5.41, 5.74) is 1.33. The first-order valence-electron chi connectivity index (χ1n) is 6.27. The van der Waals surface area contributed by atoms with Crippen molar-refractivity contribution in [3.63, 3.8) is 0 Å². The Morgan fingerprint density at radius 2 is 2.22 bits per heavy atom. The number of benzene rings is 1. The number of nitro benzene ring substituents is 1. The van der Waals surface area contributed by atoms with Crippen LogP contribution in [0.2, 0.25) is 0 Å². The Hall–Kier alpha value is -1.62. The standard InChI is InChI=1S/C13H18N2O3/c1-3-14(11-5-6-11)12-7-4-10(9(2)16)8-13(12)15(17)18/h4,7-9,11,16H,3,5-6H2,1-2H3/t9-/m0/s1. The molecule has 0 aromatic heterocycles. The topological polar surface area (TPSA) is 66.6 Å². The van der Waals surface area contributed by atoms with E-state index in [-0.39, 0.29) is 10.6 Å². The molecular weight excluding hydrogens is 232 g/mol. The Morgan fingerprint density at radius 1 is 1.56 bits per heavy atom. The first-order chi connectivity index (χ1) is 8.54. The van der Waals surface area contributed by atoms with Gasteiger partial charge in [-0.15, -0.1) is 0 Å². The molecule has 1 N–H and O–H groups in total. The molecule has 1 aliphatic rings. The van der Waals surface area contributed by atoms with E-state index >= 15 is 0 Å². The van der Waals surface area contributed by atoms with Crippen molar-refractivity contribution in [1.82, 2.24) is 0 Å². The highest BCUT2D eigenvalue weighted by Gasteiger charge is 2.32. The molecule has 0 radical (unpaired) electrons. The fourth-order valence-corrected chi connectivity index (χ4v) is 2.20. The monoisotopic (exact) mass is 250 g/mol. The molecule has 0 saturated heterocycles. The van der Waals surface area contributed by atoms with Crippen LogP contribution in [0.25, 0.3) is 0 Å². The third-order valence-corrected chi connectivity index (χ3v) is 3.32. The van der Waals surface area contributed by atoms with Crippen molar-refractivity contribution in [2.24, 2.45) is 0 Å². The molecule has 2 rings (SSSR count). The normalized spacial score (nSPS) is 16.4. The van der Waals surface area contributed by atoms with E-state index in [0.29, 0.717) is 17.3 Å². The average molecular weight is 250 g/mol. The van der Waals surface area contributed by atoms with Crippen molar-refractivity contribution >= 4 is 11.4 Å². The largest absolute Gasteiger partial charge is 0.389 e. The van der Waals surface area contributed by atoms with Crippen LogP contribution in [0, 0.1) is 10.1 Å². The van der Waals surface area contributed by atoms with Crippen LogP contribution in [0.4, 0.5) is 11.4 Å². The van der Waals surface area contributed by atoms with Gasteiger partial charge in [0, 0.05) is 18.7 Å². The molecule has 0 heterocycles. The molecule has 1 aromatic rings. The van der Waals surface area contributed by atoms with Gasteiger partial charge in [-0.3, -0.25) is 10.1 Å². The van der Waals surface area contributed by atoms with Gasteiger partial charge in [-0.05, 0) is 38.3 Å². The van der Waals surface area contributed by atoms with Crippen molar-refractivity contribution in [1.29, 1.82) is 0 Å². The number of aliphatic hydroxyl groups is 1.